The average Bonchev–Trinajstić information content (AvgIpc) is 3.02. The van der Waals surface area contributed by atoms with E-state index >= 15 is 0 Å². The number of carbonyl (C=O) groups excluding carboxylic acids is 4. The van der Waals surface area contributed by atoms with Crippen molar-refractivity contribution < 1.29 is 23.9 Å². The van der Waals surface area contributed by atoms with E-state index in [9.17, 15) is 19.2 Å². The first-order chi connectivity index (χ1) is 22.9. The maximum Gasteiger partial charge on any atom is 0.322 e. The minimum Gasteiger partial charge on any atom is -0.462 e. The molecular formula is C40H60N4O5. The molecule has 0 aliphatic heterocycles. The van der Waals surface area contributed by atoms with Crippen LogP contribution >= 0.6 is 0 Å². The topological polar surface area (TPSA) is 127 Å². The van der Waals surface area contributed by atoms with Gasteiger partial charge >= 0.3 is 12.0 Å². The Bertz CT molecular complexity index is 1460. The highest BCUT2D eigenvalue weighted by molar-refractivity contribution is 5.88. The third-order valence-electron chi connectivity index (χ3n) is 14.0. The second-order valence-electron chi connectivity index (χ2n) is 18.0. The lowest BCUT2D eigenvalue weighted by Gasteiger charge is -2.69. The first kappa shape index (κ1) is 37.2. The van der Waals surface area contributed by atoms with Gasteiger partial charge < -0.3 is 19.6 Å². The number of rotatable bonds is 9. The van der Waals surface area contributed by atoms with Crippen molar-refractivity contribution in [3.8, 4) is 0 Å². The molecule has 1 heterocycles. The van der Waals surface area contributed by atoms with Crippen LogP contribution in [0.2, 0.25) is 0 Å². The smallest absolute Gasteiger partial charge is 0.322 e. The lowest BCUT2D eigenvalue weighted by molar-refractivity contribution is -0.213. The molecule has 0 bridgehead atoms. The molecule has 1 aromatic rings. The van der Waals surface area contributed by atoms with E-state index in [-0.39, 0.29) is 65.0 Å². The third kappa shape index (κ3) is 6.72. The van der Waals surface area contributed by atoms with Crippen molar-refractivity contribution in [1.82, 2.24) is 15.3 Å². The van der Waals surface area contributed by atoms with Crippen molar-refractivity contribution in [3.63, 3.8) is 0 Å². The number of nitrogens with one attached hydrogen (secondary N) is 2. The minimum absolute atomic E-state index is 0.0998. The molecule has 4 aliphatic carbocycles. The van der Waals surface area contributed by atoms with Gasteiger partial charge in [-0.3, -0.25) is 10.1 Å². The normalized spacial score (nSPS) is 36.3. The molecule has 0 saturated heterocycles. The van der Waals surface area contributed by atoms with Crippen LogP contribution in [0.3, 0.4) is 0 Å². The summed E-state index contributed by atoms with van der Waals surface area (Å²) in [4.78, 5) is 58.7. The fourth-order valence-electron chi connectivity index (χ4n) is 11.5. The van der Waals surface area contributed by atoms with Gasteiger partial charge in [-0.15, -0.1) is 0 Å². The van der Waals surface area contributed by atoms with E-state index in [1.165, 1.54) is 11.1 Å². The van der Waals surface area contributed by atoms with Crippen molar-refractivity contribution in [2.24, 2.45) is 51.2 Å². The second-order valence-corrected chi connectivity index (χ2v) is 18.0. The molecule has 2 amide bonds. The summed E-state index contributed by atoms with van der Waals surface area (Å²) in [5.41, 5.74) is 1.08. The molecule has 270 valence electrons. The molecule has 4 aliphatic rings. The number of nitrogens with zero attached hydrogens (tertiary/aromatic N) is 2. The molecule has 0 radical (unpaired) electrons. The molecule has 2 N–H and O–H groups in total. The van der Waals surface area contributed by atoms with Gasteiger partial charge in [-0.2, -0.15) is 0 Å². The zero-order valence-corrected chi connectivity index (χ0v) is 31.4. The van der Waals surface area contributed by atoms with Crippen LogP contribution in [-0.4, -0.2) is 46.2 Å². The van der Waals surface area contributed by atoms with E-state index in [1.807, 2.05) is 0 Å². The fourth-order valence-corrected chi connectivity index (χ4v) is 11.5. The highest BCUT2D eigenvalue weighted by atomic mass is 16.5. The predicted octanol–water partition coefficient (Wildman–Crippen LogP) is 8.10. The monoisotopic (exact) mass is 676 g/mol. The van der Waals surface area contributed by atoms with Crippen LogP contribution in [-0.2, 0) is 19.1 Å². The van der Waals surface area contributed by atoms with Gasteiger partial charge in [-0.1, -0.05) is 61.0 Å². The maximum absolute atomic E-state index is 13.5. The van der Waals surface area contributed by atoms with Crippen LogP contribution in [0.1, 0.15) is 127 Å². The van der Waals surface area contributed by atoms with Gasteiger partial charge in [0, 0.05) is 29.6 Å². The molecule has 1 aromatic heterocycles. The Hall–Kier alpha value is -3.10. The Labute approximate surface area is 293 Å². The molecule has 4 saturated carbocycles. The molecule has 9 nitrogen and oxygen atoms in total. The summed E-state index contributed by atoms with van der Waals surface area (Å²) < 4.78 is 6.18. The van der Waals surface area contributed by atoms with Crippen LogP contribution < -0.4 is 10.6 Å². The number of ether oxygens (including phenoxy) is 1. The van der Waals surface area contributed by atoms with Gasteiger partial charge in [-0.05, 0) is 110 Å². The summed E-state index contributed by atoms with van der Waals surface area (Å²) in [6.07, 6.45) is 13.0. The Morgan fingerprint density at radius 2 is 1.63 bits per heavy atom. The van der Waals surface area contributed by atoms with Gasteiger partial charge in [-0.25, -0.2) is 14.8 Å². The first-order valence-electron chi connectivity index (χ1n) is 18.6. The molecule has 8 atom stereocenters. The lowest BCUT2D eigenvalue weighted by atomic mass is 9.36. The standard InChI is InChI=1S/C40H60N4O5/c1-25(2)26(3)33-27-11-12-30-38(8,28(27)13-18-40(33,19-22-45)44-35(48)43-34-41-20-10-21-42-34)16-14-29-37(6,7)31(15-17-39(29,30)9)49-32(47)23-36(4,5)24-46/h10,20-22,24-25,27-31H,11-19,23H2,1-9H3,(H2,41,42,43,44,48)/b33-26+. The van der Waals surface area contributed by atoms with Crippen molar-refractivity contribution >= 4 is 30.5 Å². The van der Waals surface area contributed by atoms with Gasteiger partial charge in [0.1, 0.15) is 18.7 Å². The first-order valence-corrected chi connectivity index (χ1v) is 18.6. The highest BCUT2D eigenvalue weighted by Gasteiger charge is 2.66. The number of hydrogen-bond donors (Lipinski definition) is 2. The van der Waals surface area contributed by atoms with E-state index in [1.54, 1.807) is 32.3 Å². The average molecular weight is 677 g/mol. The van der Waals surface area contributed by atoms with Crippen LogP contribution in [0.4, 0.5) is 10.7 Å². The number of allylic oxidation sites excluding steroid dienone is 1. The van der Waals surface area contributed by atoms with Crippen molar-refractivity contribution in [1.29, 1.82) is 0 Å². The summed E-state index contributed by atoms with van der Waals surface area (Å²) in [5, 5.41) is 6.11. The molecule has 0 spiro atoms. The number of hydrogen-bond acceptors (Lipinski definition) is 7. The fraction of sp³-hybridized carbons (Fsp3) is 0.750. The van der Waals surface area contributed by atoms with Crippen molar-refractivity contribution in [2.75, 3.05) is 5.32 Å². The molecule has 0 aromatic carbocycles. The largest absolute Gasteiger partial charge is 0.462 e. The summed E-state index contributed by atoms with van der Waals surface area (Å²) >= 11 is 0. The van der Waals surface area contributed by atoms with Gasteiger partial charge in [0.25, 0.3) is 0 Å². The quantitative estimate of drug-likeness (QED) is 0.154. The number of aldehydes is 2. The number of fused-ring (bicyclic) bond motifs is 5. The molecule has 8 unspecified atom stereocenters. The number of aromatic nitrogens is 2. The maximum atomic E-state index is 13.5. The van der Waals surface area contributed by atoms with E-state index in [0.29, 0.717) is 24.2 Å². The molecule has 5 rings (SSSR count). The van der Waals surface area contributed by atoms with Gasteiger partial charge in [0.2, 0.25) is 5.95 Å². The zero-order valence-electron chi connectivity index (χ0n) is 31.4. The zero-order chi connectivity index (χ0) is 36.0. The predicted molar refractivity (Wildman–Crippen MR) is 190 cm³/mol. The van der Waals surface area contributed by atoms with Crippen molar-refractivity contribution in [2.45, 2.75) is 138 Å². The number of urea groups is 1. The molecular weight excluding hydrogens is 616 g/mol. The Morgan fingerprint density at radius 3 is 2.27 bits per heavy atom. The third-order valence-corrected chi connectivity index (χ3v) is 14.0. The molecule has 4 fully saturated rings. The van der Waals surface area contributed by atoms with E-state index in [2.05, 4.69) is 69.1 Å². The Morgan fingerprint density at radius 1 is 0.959 bits per heavy atom. The molecule has 49 heavy (non-hydrogen) atoms. The summed E-state index contributed by atoms with van der Waals surface area (Å²) in [5.74, 6) is 1.88. The van der Waals surface area contributed by atoms with E-state index in [0.717, 1.165) is 57.5 Å². The summed E-state index contributed by atoms with van der Waals surface area (Å²) in [6, 6.07) is 1.32. The summed E-state index contributed by atoms with van der Waals surface area (Å²) in [7, 11) is 0. The van der Waals surface area contributed by atoms with Crippen LogP contribution in [0.25, 0.3) is 0 Å². The number of carbonyl (C=O) groups is 4. The van der Waals surface area contributed by atoms with E-state index < -0.39 is 11.0 Å². The van der Waals surface area contributed by atoms with Gasteiger partial charge in [0.15, 0.2) is 0 Å². The van der Waals surface area contributed by atoms with Crippen LogP contribution in [0.5, 0.6) is 0 Å². The lowest BCUT2D eigenvalue weighted by Crippen LogP contribution is -2.65. The highest BCUT2D eigenvalue weighted by Crippen LogP contribution is 2.71. The number of anilines is 1. The Kier molecular flexibility index (Phi) is 10.3. The SMILES string of the molecule is C/C(=C1/C2CCC3C(C)(CCC4C(C)(C)C(OC(=O)CC(C)(C)C=O)CCC43C)C2CCC1(CC=O)NC(=O)Nc1ncccn1)C(C)C. The van der Waals surface area contributed by atoms with Crippen LogP contribution in [0.15, 0.2) is 29.6 Å². The van der Waals surface area contributed by atoms with Crippen molar-refractivity contribution in [3.05, 3.63) is 29.6 Å². The summed E-state index contributed by atoms with van der Waals surface area (Å²) in [6.45, 7) is 19.8. The Balaban J connectivity index is 1.42. The number of esters is 1. The van der Waals surface area contributed by atoms with E-state index in [4.69, 9.17) is 4.74 Å². The van der Waals surface area contributed by atoms with Crippen LogP contribution in [0, 0.1) is 51.2 Å². The van der Waals surface area contributed by atoms with Gasteiger partial charge in [0.05, 0.1) is 12.0 Å². The molecule has 9 heteroatoms. The second kappa shape index (κ2) is 13.6. The number of amides is 2. The minimum atomic E-state index is -0.761.